The van der Waals surface area contributed by atoms with Gasteiger partial charge in [-0.2, -0.15) is 0 Å². The fourth-order valence-corrected chi connectivity index (χ4v) is 10.5. The lowest BCUT2D eigenvalue weighted by Crippen LogP contribution is -2.60. The number of aliphatic hydroxyl groups is 6. The second-order valence-electron chi connectivity index (χ2n) is 22.4. The lowest BCUT2D eigenvalue weighted by molar-refractivity contribution is -0.302. The zero-order valence-corrected chi connectivity index (χ0v) is 46.9. The van der Waals surface area contributed by atoms with Crippen LogP contribution in [0, 0.1) is 0 Å². The Morgan fingerprint density at radius 3 is 1.00 bits per heavy atom. The van der Waals surface area contributed by atoms with Crippen LogP contribution in [0.25, 0.3) is 0 Å². The third-order valence-electron chi connectivity index (χ3n) is 15.6. The Bertz CT molecular complexity index is 1100. The molecule has 0 aromatic carbocycles. The number of hydrogen-bond acceptors (Lipinski definition) is 9. The Morgan fingerprint density at radius 2 is 0.704 bits per heavy atom. The SMILES string of the molecule is CCCCCCCCCCCCCCCCCCCCCCCCCCCCCCCCCCCCC(O)C(=O)NC(COC1OC(CO)C(O)C(O)C1O)C(O)CCCCCCCCCCCCCC. The Morgan fingerprint density at radius 1 is 0.423 bits per heavy atom. The van der Waals surface area contributed by atoms with E-state index in [1.54, 1.807) is 0 Å². The molecule has 1 aliphatic rings. The number of rotatable bonds is 55. The highest BCUT2D eigenvalue weighted by atomic mass is 16.7. The van der Waals surface area contributed by atoms with E-state index < -0.39 is 61.5 Å². The van der Waals surface area contributed by atoms with Crippen LogP contribution in [-0.4, -0.2) is 98.7 Å². The van der Waals surface area contributed by atoms with Gasteiger partial charge in [0.15, 0.2) is 6.29 Å². The third-order valence-corrected chi connectivity index (χ3v) is 15.6. The molecule has 8 unspecified atom stereocenters. The van der Waals surface area contributed by atoms with Gasteiger partial charge >= 0.3 is 0 Å². The largest absolute Gasteiger partial charge is 0.394 e. The van der Waals surface area contributed by atoms with Crippen LogP contribution in [0.2, 0.25) is 0 Å². The van der Waals surface area contributed by atoms with Crippen LogP contribution >= 0.6 is 0 Å². The van der Waals surface area contributed by atoms with Gasteiger partial charge < -0.3 is 45.4 Å². The summed E-state index contributed by atoms with van der Waals surface area (Å²) in [5.74, 6) is -0.577. The molecule has 0 aromatic rings. The topological polar surface area (TPSA) is 169 Å². The minimum Gasteiger partial charge on any atom is -0.394 e. The molecule has 1 saturated heterocycles. The van der Waals surface area contributed by atoms with Crippen molar-refractivity contribution in [3.63, 3.8) is 0 Å². The summed E-state index contributed by atoms with van der Waals surface area (Å²) in [4.78, 5) is 13.1. The summed E-state index contributed by atoms with van der Waals surface area (Å²) >= 11 is 0. The smallest absolute Gasteiger partial charge is 0.249 e. The second-order valence-corrected chi connectivity index (χ2v) is 22.4. The minimum atomic E-state index is -1.59. The molecule has 1 fully saturated rings. The van der Waals surface area contributed by atoms with Gasteiger partial charge in [-0.3, -0.25) is 4.79 Å². The van der Waals surface area contributed by atoms with E-state index in [1.165, 1.54) is 250 Å². The number of carbonyl (C=O) groups is 1. The molecule has 1 aliphatic heterocycles. The van der Waals surface area contributed by atoms with Crippen LogP contribution in [-0.2, 0) is 14.3 Å². The molecule has 8 atom stereocenters. The monoisotopic (exact) mass is 1010 g/mol. The van der Waals surface area contributed by atoms with Gasteiger partial charge in [-0.1, -0.05) is 309 Å². The highest BCUT2D eigenvalue weighted by Gasteiger charge is 2.44. The van der Waals surface area contributed by atoms with Crippen LogP contribution in [0.3, 0.4) is 0 Å². The molecule has 7 N–H and O–H groups in total. The summed E-state index contributed by atoms with van der Waals surface area (Å²) in [6, 6.07) is -0.889. The first kappa shape index (κ1) is 68.2. The van der Waals surface area contributed by atoms with Crippen molar-refractivity contribution in [2.24, 2.45) is 0 Å². The zero-order valence-electron chi connectivity index (χ0n) is 46.9. The first-order valence-electron chi connectivity index (χ1n) is 31.3. The molecule has 0 bridgehead atoms. The van der Waals surface area contributed by atoms with E-state index in [4.69, 9.17) is 9.47 Å². The van der Waals surface area contributed by atoms with Gasteiger partial charge in [-0.25, -0.2) is 0 Å². The van der Waals surface area contributed by atoms with Crippen LogP contribution in [0.15, 0.2) is 0 Å². The van der Waals surface area contributed by atoms with Gasteiger partial charge in [0.05, 0.1) is 25.4 Å². The van der Waals surface area contributed by atoms with Gasteiger partial charge in [0.2, 0.25) is 5.91 Å². The molecule has 0 radical (unpaired) electrons. The number of nitrogens with one attached hydrogen (secondary N) is 1. The Kier molecular flexibility index (Phi) is 49.2. The van der Waals surface area contributed by atoms with Crippen LogP contribution in [0.1, 0.15) is 322 Å². The summed E-state index contributed by atoms with van der Waals surface area (Å²) in [5.41, 5.74) is 0. The highest BCUT2D eigenvalue weighted by Crippen LogP contribution is 2.24. The molecule has 10 heteroatoms. The fraction of sp³-hybridized carbons (Fsp3) is 0.984. The van der Waals surface area contributed by atoms with Crippen LogP contribution < -0.4 is 5.32 Å². The third kappa shape index (κ3) is 40.1. The van der Waals surface area contributed by atoms with E-state index >= 15 is 0 Å². The lowest BCUT2D eigenvalue weighted by Gasteiger charge is -2.40. The first-order chi connectivity index (χ1) is 34.8. The Balaban J connectivity index is 2.07. The predicted molar refractivity (Wildman–Crippen MR) is 297 cm³/mol. The summed E-state index contributed by atoms with van der Waals surface area (Å²) in [7, 11) is 0. The fourth-order valence-electron chi connectivity index (χ4n) is 10.5. The van der Waals surface area contributed by atoms with Crippen molar-refractivity contribution in [2.75, 3.05) is 13.2 Å². The van der Waals surface area contributed by atoms with Gasteiger partial charge in [0.25, 0.3) is 0 Å². The van der Waals surface area contributed by atoms with Crippen molar-refractivity contribution in [3.8, 4) is 0 Å². The Labute approximate surface area is 438 Å². The molecule has 1 amide bonds. The van der Waals surface area contributed by atoms with E-state index in [9.17, 15) is 35.4 Å². The number of ether oxygens (including phenoxy) is 2. The van der Waals surface area contributed by atoms with Crippen molar-refractivity contribution in [2.45, 2.75) is 371 Å². The average Bonchev–Trinajstić information content (AvgIpc) is 3.37. The van der Waals surface area contributed by atoms with Crippen molar-refractivity contribution >= 4 is 5.91 Å². The summed E-state index contributed by atoms with van der Waals surface area (Å²) < 4.78 is 11.2. The highest BCUT2D eigenvalue weighted by molar-refractivity contribution is 5.80. The average molecular weight is 1010 g/mol. The number of hydrogen-bond donors (Lipinski definition) is 7. The summed E-state index contributed by atoms with van der Waals surface area (Å²) in [6.07, 6.45) is 52.1. The molecule has 424 valence electrons. The molecule has 0 aromatic heterocycles. The predicted octanol–water partition coefficient (Wildman–Crippen LogP) is 14.8. The van der Waals surface area contributed by atoms with E-state index in [-0.39, 0.29) is 6.61 Å². The molecule has 1 heterocycles. The number of unbranched alkanes of at least 4 members (excludes halogenated alkanes) is 44. The number of amides is 1. The van der Waals surface area contributed by atoms with Gasteiger partial charge in [-0.15, -0.1) is 0 Å². The molecule has 0 aliphatic carbocycles. The standard InChI is InChI=1S/C61H121NO9/c1-3-5-7-9-11-13-15-17-18-19-20-21-22-23-24-25-26-27-28-29-30-31-32-33-34-35-36-37-38-40-42-44-46-48-50-55(65)60(69)62-53(52-70-61-59(68)58(67)57(66)56(51-63)71-61)54(64)49-47-45-43-41-39-16-14-12-10-8-6-4-2/h53-59,61,63-68H,3-52H2,1-2H3,(H,62,69). The lowest BCUT2D eigenvalue weighted by atomic mass is 9.99. The molecule has 71 heavy (non-hydrogen) atoms. The van der Waals surface area contributed by atoms with Crippen molar-refractivity contribution in [1.82, 2.24) is 5.32 Å². The van der Waals surface area contributed by atoms with E-state index in [2.05, 4.69) is 19.2 Å². The zero-order chi connectivity index (χ0) is 51.7. The van der Waals surface area contributed by atoms with Gasteiger partial charge in [-0.05, 0) is 12.8 Å². The Hall–Kier alpha value is -0.850. The normalized spacial score (nSPS) is 19.6. The molecule has 0 saturated carbocycles. The minimum absolute atomic E-state index is 0.250. The molecule has 1 rings (SSSR count). The second kappa shape index (κ2) is 51.3. The maximum absolute atomic E-state index is 13.1. The molecule has 0 spiro atoms. The van der Waals surface area contributed by atoms with Gasteiger partial charge in [0, 0.05) is 0 Å². The van der Waals surface area contributed by atoms with Crippen molar-refractivity contribution in [3.05, 3.63) is 0 Å². The number of carbonyl (C=O) groups excluding carboxylic acids is 1. The van der Waals surface area contributed by atoms with E-state index in [1.807, 2.05) is 0 Å². The van der Waals surface area contributed by atoms with E-state index in [0.29, 0.717) is 12.8 Å². The quantitative estimate of drug-likeness (QED) is 0.0293. The van der Waals surface area contributed by atoms with Crippen molar-refractivity contribution < 1.29 is 44.9 Å². The first-order valence-corrected chi connectivity index (χ1v) is 31.3. The molecule has 10 nitrogen and oxygen atoms in total. The van der Waals surface area contributed by atoms with Crippen LogP contribution in [0.4, 0.5) is 0 Å². The summed E-state index contributed by atoms with van der Waals surface area (Å²) in [5, 5.41) is 65.1. The maximum atomic E-state index is 13.1. The molecular weight excluding hydrogens is 891 g/mol. The van der Waals surface area contributed by atoms with Crippen LogP contribution in [0.5, 0.6) is 0 Å². The van der Waals surface area contributed by atoms with Gasteiger partial charge in [0.1, 0.15) is 30.5 Å². The number of aliphatic hydroxyl groups excluding tert-OH is 6. The molecular formula is C61H121NO9. The van der Waals surface area contributed by atoms with E-state index in [0.717, 1.165) is 44.9 Å². The maximum Gasteiger partial charge on any atom is 0.249 e. The van der Waals surface area contributed by atoms with Crippen molar-refractivity contribution in [1.29, 1.82) is 0 Å². The summed E-state index contributed by atoms with van der Waals surface area (Å²) in [6.45, 7) is 3.70.